The Morgan fingerprint density at radius 1 is 0.857 bits per heavy atom. The molecule has 0 saturated carbocycles. The third-order valence-corrected chi connectivity index (χ3v) is 6.02. The van der Waals surface area contributed by atoms with Gasteiger partial charge in [-0.25, -0.2) is 5.43 Å². The number of para-hydroxylation sites is 2. The minimum Gasteiger partial charge on any atom is -0.397 e. The lowest BCUT2D eigenvalue weighted by Crippen LogP contribution is -2.51. The van der Waals surface area contributed by atoms with Crippen molar-refractivity contribution < 1.29 is 14.4 Å². The summed E-state index contributed by atoms with van der Waals surface area (Å²) >= 11 is 12.2. The minimum atomic E-state index is -0.760. The number of hydrogen-bond donors (Lipinski definition) is 6. The van der Waals surface area contributed by atoms with E-state index in [1.54, 1.807) is 66.7 Å². The first kappa shape index (κ1) is 24.5. The number of hydrogen-bond acceptors (Lipinski definition) is 6. The molecule has 11 heteroatoms. The third kappa shape index (κ3) is 5.72. The third-order valence-electron chi connectivity index (χ3n) is 5.39. The van der Waals surface area contributed by atoms with Gasteiger partial charge in [-0.3, -0.25) is 19.8 Å². The molecular weight excluding hydrogens is 491 g/mol. The maximum absolute atomic E-state index is 12.9. The number of carbonyl (C=O) groups is 3. The fourth-order valence-corrected chi connectivity index (χ4v) is 4.13. The van der Waals surface area contributed by atoms with Crippen molar-refractivity contribution in [3.8, 4) is 0 Å². The smallest absolute Gasteiger partial charge is 0.255 e. The fraction of sp³-hybridized carbons (Fsp3) is 0.125. The molecule has 4 rings (SSSR count). The lowest BCUT2D eigenvalue weighted by Gasteiger charge is -2.20. The topological polar surface area (TPSA) is 137 Å². The second-order valence-electron chi connectivity index (χ2n) is 7.79. The van der Waals surface area contributed by atoms with Gasteiger partial charge >= 0.3 is 0 Å². The van der Waals surface area contributed by atoms with E-state index in [0.717, 1.165) is 0 Å². The Hall–Kier alpha value is -3.63. The van der Waals surface area contributed by atoms with E-state index in [1.807, 2.05) is 0 Å². The number of hydrazine groups is 1. The molecule has 1 heterocycles. The largest absolute Gasteiger partial charge is 0.397 e. The molecule has 35 heavy (non-hydrogen) atoms. The highest BCUT2D eigenvalue weighted by molar-refractivity contribution is 6.39. The van der Waals surface area contributed by atoms with E-state index in [1.165, 1.54) is 0 Å². The number of carbonyl (C=O) groups excluding carboxylic acids is 3. The summed E-state index contributed by atoms with van der Waals surface area (Å²) < 4.78 is 0. The van der Waals surface area contributed by atoms with Crippen LogP contribution >= 0.6 is 23.2 Å². The Kier molecular flexibility index (Phi) is 7.52. The van der Waals surface area contributed by atoms with Gasteiger partial charge in [0.05, 0.1) is 33.0 Å². The monoisotopic (exact) mass is 512 g/mol. The quantitative estimate of drug-likeness (QED) is 0.281. The molecule has 3 aromatic rings. The van der Waals surface area contributed by atoms with Crippen LogP contribution in [-0.2, 0) is 4.79 Å². The van der Waals surface area contributed by atoms with Crippen molar-refractivity contribution in [1.29, 1.82) is 0 Å². The highest BCUT2D eigenvalue weighted by atomic mass is 35.5. The zero-order chi connectivity index (χ0) is 24.9. The molecule has 0 aromatic heterocycles. The first-order valence-electron chi connectivity index (χ1n) is 10.6. The number of nitrogens with one attached hydrogen (secondary N) is 5. The van der Waals surface area contributed by atoms with Crippen LogP contribution in [0, 0.1) is 0 Å². The average molecular weight is 513 g/mol. The van der Waals surface area contributed by atoms with E-state index in [4.69, 9.17) is 28.9 Å². The van der Waals surface area contributed by atoms with Crippen molar-refractivity contribution in [3.63, 3.8) is 0 Å². The van der Waals surface area contributed by atoms with Gasteiger partial charge in [-0.05, 0) is 48.5 Å². The predicted octanol–water partition coefficient (Wildman–Crippen LogP) is 3.04. The molecule has 1 aliphatic heterocycles. The van der Waals surface area contributed by atoms with E-state index < -0.39 is 18.0 Å². The van der Waals surface area contributed by atoms with E-state index >= 15 is 0 Å². The standard InChI is InChI=1S/C24H22Cl2N6O3/c25-15-4-3-5-16(26)20(15)23(34)31-19-12-28-32-21(19)24(35)29-14-10-8-13(9-11-14)22(33)30-18-7-2-1-6-17(18)27/h1-11,19,21,28,32H,12,27H2,(H,29,35)(H,30,33)(H,31,34). The van der Waals surface area contributed by atoms with Gasteiger partial charge in [-0.2, -0.15) is 0 Å². The van der Waals surface area contributed by atoms with Crippen LogP contribution in [0.25, 0.3) is 0 Å². The minimum absolute atomic E-state index is 0.146. The first-order chi connectivity index (χ1) is 16.8. The maximum Gasteiger partial charge on any atom is 0.255 e. The van der Waals surface area contributed by atoms with E-state index in [-0.39, 0.29) is 27.4 Å². The molecule has 0 aliphatic carbocycles. The number of anilines is 3. The highest BCUT2D eigenvalue weighted by Gasteiger charge is 2.34. The van der Waals surface area contributed by atoms with Gasteiger partial charge in [0.25, 0.3) is 11.8 Å². The van der Waals surface area contributed by atoms with Crippen LogP contribution in [0.1, 0.15) is 20.7 Å². The predicted molar refractivity (Wildman–Crippen MR) is 137 cm³/mol. The van der Waals surface area contributed by atoms with Gasteiger partial charge < -0.3 is 21.7 Å². The SMILES string of the molecule is Nc1ccccc1NC(=O)c1ccc(NC(=O)C2NNCC2NC(=O)c2c(Cl)cccc2Cl)cc1. The first-order valence-corrected chi connectivity index (χ1v) is 11.4. The van der Waals surface area contributed by atoms with Crippen LogP contribution in [0.5, 0.6) is 0 Å². The summed E-state index contributed by atoms with van der Waals surface area (Å²) in [5.74, 6) is -1.19. The molecule has 3 aromatic carbocycles. The van der Waals surface area contributed by atoms with E-state index in [2.05, 4.69) is 26.8 Å². The molecule has 2 atom stereocenters. The summed E-state index contributed by atoms with van der Waals surface area (Å²) in [5, 5.41) is 8.75. The van der Waals surface area contributed by atoms with Crippen LogP contribution in [0.4, 0.5) is 17.1 Å². The highest BCUT2D eigenvalue weighted by Crippen LogP contribution is 2.24. The summed E-state index contributed by atoms with van der Waals surface area (Å²) in [4.78, 5) is 38.1. The van der Waals surface area contributed by atoms with Gasteiger partial charge in [-0.1, -0.05) is 41.4 Å². The number of amides is 3. The van der Waals surface area contributed by atoms with Crippen molar-refractivity contribution in [2.75, 3.05) is 22.9 Å². The Labute approximate surface area is 211 Å². The molecule has 7 N–H and O–H groups in total. The molecule has 1 fully saturated rings. The van der Waals surface area contributed by atoms with Crippen LogP contribution < -0.4 is 32.5 Å². The zero-order valence-corrected chi connectivity index (χ0v) is 19.8. The van der Waals surface area contributed by atoms with Crippen molar-refractivity contribution in [2.45, 2.75) is 12.1 Å². The van der Waals surface area contributed by atoms with Crippen molar-refractivity contribution in [3.05, 3.63) is 87.9 Å². The number of rotatable bonds is 6. The molecule has 0 bridgehead atoms. The number of nitrogen functional groups attached to an aromatic ring is 1. The van der Waals surface area contributed by atoms with Gasteiger partial charge in [0, 0.05) is 17.8 Å². The molecule has 1 aliphatic rings. The summed E-state index contributed by atoms with van der Waals surface area (Å²) in [6.45, 7) is 0.313. The van der Waals surface area contributed by atoms with Gasteiger partial charge in [-0.15, -0.1) is 0 Å². The Balaban J connectivity index is 1.37. The van der Waals surface area contributed by atoms with Crippen molar-refractivity contribution in [2.24, 2.45) is 0 Å². The molecule has 0 radical (unpaired) electrons. The summed E-state index contributed by atoms with van der Waals surface area (Å²) in [6.07, 6.45) is 0. The summed E-state index contributed by atoms with van der Waals surface area (Å²) in [5.41, 5.74) is 13.6. The second-order valence-corrected chi connectivity index (χ2v) is 8.60. The number of nitrogens with two attached hydrogens (primary N) is 1. The molecule has 180 valence electrons. The molecule has 9 nitrogen and oxygen atoms in total. The zero-order valence-electron chi connectivity index (χ0n) is 18.3. The summed E-state index contributed by atoms with van der Waals surface area (Å²) in [7, 11) is 0. The Morgan fingerprint density at radius 3 is 2.23 bits per heavy atom. The normalized spacial score (nSPS) is 17.0. The second kappa shape index (κ2) is 10.7. The molecule has 2 unspecified atom stereocenters. The fourth-order valence-electron chi connectivity index (χ4n) is 3.57. The van der Waals surface area contributed by atoms with Crippen LogP contribution in [0.15, 0.2) is 66.7 Å². The summed E-state index contributed by atoms with van der Waals surface area (Å²) in [6, 6.07) is 16.8. The lowest BCUT2D eigenvalue weighted by atomic mass is 10.1. The van der Waals surface area contributed by atoms with Gasteiger partial charge in [0.1, 0.15) is 6.04 Å². The van der Waals surface area contributed by atoms with Gasteiger partial charge in [0.2, 0.25) is 5.91 Å². The Morgan fingerprint density at radius 2 is 1.54 bits per heavy atom. The van der Waals surface area contributed by atoms with Crippen LogP contribution in [-0.4, -0.2) is 36.3 Å². The molecule has 1 saturated heterocycles. The number of halogens is 2. The molecule has 3 amide bonds. The van der Waals surface area contributed by atoms with Crippen LogP contribution in [0.2, 0.25) is 10.0 Å². The van der Waals surface area contributed by atoms with E-state index in [0.29, 0.717) is 29.2 Å². The van der Waals surface area contributed by atoms with E-state index in [9.17, 15) is 14.4 Å². The lowest BCUT2D eigenvalue weighted by molar-refractivity contribution is -0.118. The molecular formula is C24H22Cl2N6O3. The van der Waals surface area contributed by atoms with Crippen molar-refractivity contribution in [1.82, 2.24) is 16.2 Å². The number of benzene rings is 3. The molecule has 0 spiro atoms. The van der Waals surface area contributed by atoms with Crippen LogP contribution in [0.3, 0.4) is 0 Å². The Bertz CT molecular complexity index is 1250. The van der Waals surface area contributed by atoms with Crippen molar-refractivity contribution >= 4 is 58.0 Å². The average Bonchev–Trinajstić information content (AvgIpc) is 3.29. The van der Waals surface area contributed by atoms with Gasteiger partial charge in [0.15, 0.2) is 0 Å². The maximum atomic E-state index is 12.9.